The molecule has 24 heavy (non-hydrogen) atoms. The number of carbonyl (C=O) groups is 1. The molecule has 1 aromatic heterocycles. The average molecular weight is 321 g/mol. The summed E-state index contributed by atoms with van der Waals surface area (Å²) in [5.41, 5.74) is 0.975. The molecule has 1 saturated heterocycles. The Balaban J connectivity index is 1.66. The summed E-state index contributed by atoms with van der Waals surface area (Å²) >= 11 is 0. The van der Waals surface area contributed by atoms with Crippen LogP contribution in [0.5, 0.6) is 0 Å². The maximum absolute atomic E-state index is 12.2. The first-order valence-corrected chi connectivity index (χ1v) is 8.10. The number of rotatable bonds is 4. The summed E-state index contributed by atoms with van der Waals surface area (Å²) in [6.07, 6.45) is 6.34. The van der Waals surface area contributed by atoms with Crippen molar-refractivity contribution in [1.29, 1.82) is 5.26 Å². The van der Waals surface area contributed by atoms with E-state index in [4.69, 9.17) is 5.26 Å². The molecule has 3 rings (SSSR count). The molecule has 0 spiro atoms. The summed E-state index contributed by atoms with van der Waals surface area (Å²) in [5.74, 6) is 0.694. The van der Waals surface area contributed by atoms with Crippen molar-refractivity contribution in [3.05, 3.63) is 54.0 Å². The number of nitriles is 1. The lowest BCUT2D eigenvalue weighted by Gasteiger charge is -2.36. The molecule has 0 unspecified atom stereocenters. The normalized spacial score (nSPS) is 17.1. The van der Waals surface area contributed by atoms with E-state index in [1.807, 2.05) is 24.3 Å². The topological polar surface area (TPSA) is 81.9 Å². The second-order valence-electron chi connectivity index (χ2n) is 5.79. The SMILES string of the molecule is N#Cc1cnc(N2CCCC[C@H]2CNC(=O)c2ccccc2)cn1. The number of amides is 1. The van der Waals surface area contributed by atoms with Crippen LogP contribution < -0.4 is 10.2 Å². The van der Waals surface area contributed by atoms with E-state index in [0.717, 1.165) is 31.6 Å². The van der Waals surface area contributed by atoms with Gasteiger partial charge in [0.15, 0.2) is 5.69 Å². The number of hydrogen-bond donors (Lipinski definition) is 1. The van der Waals surface area contributed by atoms with E-state index in [-0.39, 0.29) is 11.9 Å². The third-order valence-electron chi connectivity index (χ3n) is 4.21. The van der Waals surface area contributed by atoms with Gasteiger partial charge in [0.05, 0.1) is 12.4 Å². The maximum atomic E-state index is 12.2. The van der Waals surface area contributed by atoms with Crippen LogP contribution in [0.15, 0.2) is 42.7 Å². The van der Waals surface area contributed by atoms with Gasteiger partial charge in [-0.1, -0.05) is 18.2 Å². The van der Waals surface area contributed by atoms with Crippen molar-refractivity contribution in [1.82, 2.24) is 15.3 Å². The number of carbonyl (C=O) groups excluding carboxylic acids is 1. The van der Waals surface area contributed by atoms with Crippen LogP contribution in [0.3, 0.4) is 0 Å². The summed E-state index contributed by atoms with van der Waals surface area (Å²) in [7, 11) is 0. The average Bonchev–Trinajstić information content (AvgIpc) is 2.67. The monoisotopic (exact) mass is 321 g/mol. The predicted molar refractivity (Wildman–Crippen MR) is 90.5 cm³/mol. The van der Waals surface area contributed by atoms with Gasteiger partial charge in [-0.3, -0.25) is 4.79 Å². The van der Waals surface area contributed by atoms with Gasteiger partial charge in [-0.2, -0.15) is 5.26 Å². The minimum atomic E-state index is -0.0629. The van der Waals surface area contributed by atoms with Gasteiger partial charge >= 0.3 is 0 Å². The lowest BCUT2D eigenvalue weighted by molar-refractivity contribution is 0.0949. The van der Waals surface area contributed by atoms with Crippen LogP contribution in [0.25, 0.3) is 0 Å². The molecule has 2 aromatic rings. The van der Waals surface area contributed by atoms with Crippen molar-refractivity contribution < 1.29 is 4.79 Å². The van der Waals surface area contributed by atoms with Crippen LogP contribution >= 0.6 is 0 Å². The van der Waals surface area contributed by atoms with Crippen molar-refractivity contribution in [2.24, 2.45) is 0 Å². The van der Waals surface area contributed by atoms with Gasteiger partial charge in [0.25, 0.3) is 5.91 Å². The Kier molecular flexibility index (Phi) is 5.02. The molecule has 1 N–H and O–H groups in total. The number of anilines is 1. The van der Waals surface area contributed by atoms with Crippen molar-refractivity contribution >= 4 is 11.7 Å². The smallest absolute Gasteiger partial charge is 0.251 e. The lowest BCUT2D eigenvalue weighted by atomic mass is 10.0. The summed E-state index contributed by atoms with van der Waals surface area (Å²) in [6, 6.07) is 11.4. The van der Waals surface area contributed by atoms with E-state index in [1.54, 1.807) is 18.3 Å². The zero-order valence-corrected chi connectivity index (χ0v) is 13.4. The zero-order valence-electron chi connectivity index (χ0n) is 13.4. The molecule has 0 aliphatic carbocycles. The molecule has 1 fully saturated rings. The zero-order chi connectivity index (χ0) is 16.8. The summed E-state index contributed by atoms with van der Waals surface area (Å²) in [4.78, 5) is 22.8. The lowest BCUT2D eigenvalue weighted by Crippen LogP contribution is -2.47. The Morgan fingerprint density at radius 2 is 2.08 bits per heavy atom. The summed E-state index contributed by atoms with van der Waals surface area (Å²) in [6.45, 7) is 1.45. The first-order chi connectivity index (χ1) is 11.8. The van der Waals surface area contributed by atoms with E-state index in [0.29, 0.717) is 17.8 Å². The Hall–Kier alpha value is -2.94. The fourth-order valence-electron chi connectivity index (χ4n) is 2.94. The molecular formula is C18H19N5O. The molecule has 1 aliphatic heterocycles. The quantitative estimate of drug-likeness (QED) is 0.933. The van der Waals surface area contributed by atoms with E-state index in [2.05, 4.69) is 20.2 Å². The number of aromatic nitrogens is 2. The molecular weight excluding hydrogens is 302 g/mol. The minimum absolute atomic E-state index is 0.0629. The van der Waals surface area contributed by atoms with Crippen molar-refractivity contribution in [2.45, 2.75) is 25.3 Å². The van der Waals surface area contributed by atoms with Gasteiger partial charge in [-0.05, 0) is 31.4 Å². The largest absolute Gasteiger partial charge is 0.351 e. The third kappa shape index (κ3) is 3.69. The van der Waals surface area contributed by atoms with Crippen molar-refractivity contribution in [3.63, 3.8) is 0 Å². The van der Waals surface area contributed by atoms with E-state index in [9.17, 15) is 4.79 Å². The minimum Gasteiger partial charge on any atom is -0.351 e. The van der Waals surface area contributed by atoms with Crippen LogP contribution in [0.1, 0.15) is 35.3 Å². The van der Waals surface area contributed by atoms with Crippen molar-refractivity contribution in [2.75, 3.05) is 18.0 Å². The fourth-order valence-corrected chi connectivity index (χ4v) is 2.94. The van der Waals surface area contributed by atoms with Crippen LogP contribution in [0.4, 0.5) is 5.82 Å². The van der Waals surface area contributed by atoms with E-state index in [1.165, 1.54) is 6.20 Å². The molecule has 1 aliphatic rings. The number of hydrogen-bond acceptors (Lipinski definition) is 5. The highest BCUT2D eigenvalue weighted by atomic mass is 16.1. The van der Waals surface area contributed by atoms with Gasteiger partial charge < -0.3 is 10.2 Å². The molecule has 0 bridgehead atoms. The standard InChI is InChI=1S/C18H19N5O/c19-10-15-11-21-17(13-20-15)23-9-5-4-8-16(23)12-22-18(24)14-6-2-1-3-7-14/h1-3,6-7,11,13,16H,4-5,8-9,12H2,(H,22,24)/t16-/m0/s1. The number of nitrogens with zero attached hydrogens (tertiary/aromatic N) is 4. The molecule has 122 valence electrons. The predicted octanol–water partition coefficient (Wildman–Crippen LogP) is 2.14. The molecule has 6 nitrogen and oxygen atoms in total. The van der Waals surface area contributed by atoms with Crippen LogP contribution in [-0.2, 0) is 0 Å². The Labute approximate surface area is 141 Å². The van der Waals surface area contributed by atoms with Crippen molar-refractivity contribution in [3.8, 4) is 6.07 Å². The summed E-state index contributed by atoms with van der Waals surface area (Å²) < 4.78 is 0. The molecule has 0 radical (unpaired) electrons. The first kappa shape index (κ1) is 15.9. The van der Waals surface area contributed by atoms with E-state index < -0.39 is 0 Å². The fraction of sp³-hybridized carbons (Fsp3) is 0.333. The van der Waals surface area contributed by atoms with Crippen LogP contribution in [-0.4, -0.2) is 35.0 Å². The first-order valence-electron chi connectivity index (χ1n) is 8.10. The highest BCUT2D eigenvalue weighted by Gasteiger charge is 2.24. The highest BCUT2D eigenvalue weighted by molar-refractivity contribution is 5.94. The summed E-state index contributed by atoms with van der Waals surface area (Å²) in [5, 5.41) is 11.8. The van der Waals surface area contributed by atoms with Gasteiger partial charge in [-0.25, -0.2) is 9.97 Å². The Bertz CT molecular complexity index is 723. The number of nitrogens with one attached hydrogen (secondary N) is 1. The van der Waals surface area contributed by atoms with Gasteiger partial charge in [0, 0.05) is 24.7 Å². The third-order valence-corrected chi connectivity index (χ3v) is 4.21. The number of benzene rings is 1. The molecule has 6 heteroatoms. The van der Waals surface area contributed by atoms with Gasteiger partial charge in [-0.15, -0.1) is 0 Å². The molecule has 1 amide bonds. The maximum Gasteiger partial charge on any atom is 0.251 e. The second kappa shape index (κ2) is 7.55. The Morgan fingerprint density at radius 3 is 2.79 bits per heavy atom. The second-order valence-corrected chi connectivity index (χ2v) is 5.79. The van der Waals surface area contributed by atoms with Gasteiger partial charge in [0.2, 0.25) is 0 Å². The molecule has 0 saturated carbocycles. The highest BCUT2D eigenvalue weighted by Crippen LogP contribution is 2.22. The molecule has 2 heterocycles. The molecule has 1 aromatic carbocycles. The van der Waals surface area contributed by atoms with E-state index >= 15 is 0 Å². The molecule has 1 atom stereocenters. The number of piperidine rings is 1. The van der Waals surface area contributed by atoms with Crippen LogP contribution in [0.2, 0.25) is 0 Å². The Morgan fingerprint density at radius 1 is 1.25 bits per heavy atom. The van der Waals surface area contributed by atoms with Gasteiger partial charge in [0.1, 0.15) is 11.9 Å². The van der Waals surface area contributed by atoms with Crippen LogP contribution in [0, 0.1) is 11.3 Å².